The zero-order valence-electron chi connectivity index (χ0n) is 21.5. The molecule has 6 rings (SSSR count). The van der Waals surface area contributed by atoms with Gasteiger partial charge in [-0.05, 0) is 61.3 Å². The largest absolute Gasteiger partial charge is 0.377 e. The van der Waals surface area contributed by atoms with Crippen LogP contribution in [0.2, 0.25) is 0 Å². The Morgan fingerprint density at radius 3 is 2.50 bits per heavy atom. The van der Waals surface area contributed by atoms with Gasteiger partial charge in [0.25, 0.3) is 0 Å². The summed E-state index contributed by atoms with van der Waals surface area (Å²) in [4.78, 5) is 31.0. The number of nitrogens with zero attached hydrogens (tertiary/aromatic N) is 6. The summed E-state index contributed by atoms with van der Waals surface area (Å²) in [5.74, 6) is 0.769. The lowest BCUT2D eigenvalue weighted by Gasteiger charge is -2.43. The van der Waals surface area contributed by atoms with Gasteiger partial charge in [-0.15, -0.1) is 0 Å². The highest BCUT2D eigenvalue weighted by atomic mass is 16.1. The number of carbonyl (C=O) groups is 1. The summed E-state index contributed by atoms with van der Waals surface area (Å²) in [6.07, 6.45) is 19.2. The normalized spacial score (nSPS) is 17.2. The van der Waals surface area contributed by atoms with Crippen LogP contribution in [0.15, 0.2) is 73.7 Å². The smallest absolute Gasteiger partial charge is 0.146 e. The van der Waals surface area contributed by atoms with Crippen molar-refractivity contribution in [2.75, 3.05) is 18.4 Å². The lowest BCUT2D eigenvalue weighted by atomic mass is 9.68. The number of aldehydes is 1. The van der Waals surface area contributed by atoms with E-state index in [9.17, 15) is 4.79 Å². The minimum Gasteiger partial charge on any atom is -0.377 e. The molecule has 8 nitrogen and oxygen atoms in total. The second kappa shape index (κ2) is 10.2. The van der Waals surface area contributed by atoms with Crippen molar-refractivity contribution in [2.24, 2.45) is 12.5 Å². The van der Waals surface area contributed by atoms with Crippen molar-refractivity contribution in [3.63, 3.8) is 0 Å². The average Bonchev–Trinajstić information content (AvgIpc) is 3.27. The number of anilines is 2. The summed E-state index contributed by atoms with van der Waals surface area (Å²) < 4.78 is 2.20. The highest BCUT2D eigenvalue weighted by Crippen LogP contribution is 2.49. The van der Waals surface area contributed by atoms with E-state index >= 15 is 0 Å². The molecule has 0 saturated carbocycles. The Labute approximate surface area is 222 Å². The second-order valence-electron chi connectivity index (χ2n) is 10.3. The van der Waals surface area contributed by atoms with Gasteiger partial charge in [-0.1, -0.05) is 24.3 Å². The summed E-state index contributed by atoms with van der Waals surface area (Å²) in [6, 6.07) is 10.1. The molecule has 38 heavy (non-hydrogen) atoms. The first-order valence-corrected chi connectivity index (χ1v) is 13.1. The fourth-order valence-corrected chi connectivity index (χ4v) is 6.01. The predicted octanol–water partition coefficient (Wildman–Crippen LogP) is 5.53. The van der Waals surface area contributed by atoms with Gasteiger partial charge in [-0.25, -0.2) is 19.9 Å². The van der Waals surface area contributed by atoms with Crippen LogP contribution in [0.25, 0.3) is 27.7 Å². The summed E-state index contributed by atoms with van der Waals surface area (Å²) in [7, 11) is 2.09. The maximum Gasteiger partial charge on any atom is 0.146 e. The number of hydrogen-bond acceptors (Lipinski definition) is 7. The number of nitrogens with one attached hydrogen (secondary N) is 1. The van der Waals surface area contributed by atoms with E-state index in [0.717, 1.165) is 90.8 Å². The highest BCUT2D eigenvalue weighted by Gasteiger charge is 2.36. The molecule has 1 aromatic carbocycles. The molecular formula is C30H31N7O. The van der Waals surface area contributed by atoms with Crippen molar-refractivity contribution in [1.29, 1.82) is 0 Å². The fraction of sp³-hybridized carbons (Fsp3) is 0.300. The van der Waals surface area contributed by atoms with Gasteiger partial charge in [0.1, 0.15) is 30.4 Å². The van der Waals surface area contributed by atoms with Crippen LogP contribution in [-0.2, 0) is 11.8 Å². The molecular weight excluding hydrogens is 474 g/mol. The summed E-state index contributed by atoms with van der Waals surface area (Å²) in [5.41, 5.74) is 6.70. The van der Waals surface area contributed by atoms with Gasteiger partial charge in [0.2, 0.25) is 0 Å². The monoisotopic (exact) mass is 505 g/mol. The predicted molar refractivity (Wildman–Crippen MR) is 150 cm³/mol. The van der Waals surface area contributed by atoms with Gasteiger partial charge in [0, 0.05) is 55.5 Å². The topological polar surface area (TPSA) is 88.8 Å². The third kappa shape index (κ3) is 4.47. The Morgan fingerprint density at radius 2 is 1.79 bits per heavy atom. The Balaban J connectivity index is 1.40. The molecule has 3 aromatic heterocycles. The van der Waals surface area contributed by atoms with Crippen LogP contribution in [0.1, 0.15) is 37.8 Å². The molecule has 8 heteroatoms. The molecule has 192 valence electrons. The van der Waals surface area contributed by atoms with Crippen LogP contribution in [-0.4, -0.2) is 48.8 Å². The molecule has 1 spiro atoms. The van der Waals surface area contributed by atoms with E-state index < -0.39 is 0 Å². The molecule has 0 bridgehead atoms. The Morgan fingerprint density at radius 1 is 1.00 bits per heavy atom. The fourth-order valence-electron chi connectivity index (χ4n) is 6.01. The van der Waals surface area contributed by atoms with Crippen LogP contribution in [0.3, 0.4) is 0 Å². The SMILES string of the molecule is Cn1c(C2=CCC3(CC2)CCN(C=CC=O)CC3)c(-c2cncnc2)c2c(Nc3ccccc3)ncnc21. The van der Waals surface area contributed by atoms with E-state index in [-0.39, 0.29) is 0 Å². The molecule has 4 aromatic rings. The second-order valence-corrected chi connectivity index (χ2v) is 10.3. The van der Waals surface area contributed by atoms with Crippen molar-refractivity contribution >= 4 is 34.4 Å². The van der Waals surface area contributed by atoms with Crippen molar-refractivity contribution in [1.82, 2.24) is 29.4 Å². The lowest BCUT2D eigenvalue weighted by Crippen LogP contribution is -2.38. The molecule has 2 aliphatic rings. The Kier molecular flexibility index (Phi) is 6.45. The van der Waals surface area contributed by atoms with Crippen molar-refractivity contribution in [2.45, 2.75) is 32.1 Å². The molecule has 1 N–H and O–H groups in total. The van der Waals surface area contributed by atoms with Crippen molar-refractivity contribution in [3.8, 4) is 11.1 Å². The van der Waals surface area contributed by atoms with Gasteiger partial charge in [-0.3, -0.25) is 4.79 Å². The Bertz CT molecular complexity index is 1500. The first-order valence-electron chi connectivity index (χ1n) is 13.1. The molecule has 1 saturated heterocycles. The molecule has 1 fully saturated rings. The van der Waals surface area contributed by atoms with E-state index in [2.05, 4.69) is 42.9 Å². The van der Waals surface area contributed by atoms with E-state index in [1.165, 1.54) is 5.57 Å². The summed E-state index contributed by atoms with van der Waals surface area (Å²) in [5, 5.41) is 4.48. The van der Waals surface area contributed by atoms with Crippen LogP contribution >= 0.6 is 0 Å². The molecule has 0 unspecified atom stereocenters. The van der Waals surface area contributed by atoms with Gasteiger partial charge in [0.15, 0.2) is 0 Å². The minimum absolute atomic E-state index is 0.329. The summed E-state index contributed by atoms with van der Waals surface area (Å²) in [6.45, 7) is 2.00. The maximum absolute atomic E-state index is 10.7. The molecule has 0 amide bonds. The first kappa shape index (κ1) is 24.0. The van der Waals surface area contributed by atoms with E-state index in [0.29, 0.717) is 5.41 Å². The highest BCUT2D eigenvalue weighted by molar-refractivity contribution is 6.06. The van der Waals surface area contributed by atoms with Crippen LogP contribution in [0, 0.1) is 5.41 Å². The van der Waals surface area contributed by atoms with Gasteiger partial charge < -0.3 is 14.8 Å². The third-order valence-electron chi connectivity index (χ3n) is 8.10. The molecule has 1 aliphatic carbocycles. The number of fused-ring (bicyclic) bond motifs is 1. The van der Waals surface area contributed by atoms with E-state index in [1.807, 2.05) is 48.9 Å². The number of aryl methyl sites for hydroxylation is 1. The average molecular weight is 506 g/mol. The quantitative estimate of drug-likeness (QED) is 0.272. The number of likely N-dealkylation sites (tertiary alicyclic amines) is 1. The zero-order chi connectivity index (χ0) is 26.0. The number of rotatable bonds is 6. The lowest BCUT2D eigenvalue weighted by molar-refractivity contribution is -0.104. The molecule has 1 aliphatic heterocycles. The first-order chi connectivity index (χ1) is 18.7. The molecule has 0 atom stereocenters. The number of carbonyl (C=O) groups excluding carboxylic acids is 1. The number of benzene rings is 1. The van der Waals surface area contributed by atoms with Crippen molar-refractivity contribution < 1.29 is 4.79 Å². The van der Waals surface area contributed by atoms with Crippen molar-refractivity contribution in [3.05, 3.63) is 79.4 Å². The van der Waals surface area contributed by atoms with Crippen LogP contribution in [0.4, 0.5) is 11.5 Å². The van der Waals surface area contributed by atoms with Crippen LogP contribution < -0.4 is 5.32 Å². The summed E-state index contributed by atoms with van der Waals surface area (Å²) >= 11 is 0. The minimum atomic E-state index is 0.329. The Hall–Kier alpha value is -4.33. The molecule has 4 heterocycles. The third-order valence-corrected chi connectivity index (χ3v) is 8.10. The van der Waals surface area contributed by atoms with Crippen LogP contribution in [0.5, 0.6) is 0 Å². The zero-order valence-corrected chi connectivity index (χ0v) is 21.5. The number of allylic oxidation sites excluding steroid dienone is 3. The van der Waals surface area contributed by atoms with Gasteiger partial charge in [0.05, 0.1) is 11.1 Å². The maximum atomic E-state index is 10.7. The molecule has 0 radical (unpaired) electrons. The van der Waals surface area contributed by atoms with E-state index in [1.54, 1.807) is 18.7 Å². The number of piperidine rings is 1. The van der Waals surface area contributed by atoms with Gasteiger partial charge >= 0.3 is 0 Å². The number of hydrogen-bond donors (Lipinski definition) is 1. The van der Waals surface area contributed by atoms with Gasteiger partial charge in [-0.2, -0.15) is 0 Å². The van der Waals surface area contributed by atoms with E-state index in [4.69, 9.17) is 4.98 Å². The number of aromatic nitrogens is 5. The standard InChI is InChI=1S/C30H31N7O/c1-36-27(22-8-10-30(11-9-22)12-15-37(16-13-30)14-5-17-38)25(23-18-31-20-32-19-23)26-28(33-21-34-29(26)36)35-24-6-3-2-4-7-24/h2-8,14,17-21H,9-13,15-16H2,1H3,(H,33,34,35). The number of para-hydroxylation sites is 1.